The molecule has 0 atom stereocenters. The zero-order valence-corrected chi connectivity index (χ0v) is 6.84. The van der Waals surface area contributed by atoms with Gasteiger partial charge in [-0.3, -0.25) is 4.79 Å². The maximum atomic E-state index is 10.3. The molecule has 0 aliphatic rings. The van der Waals surface area contributed by atoms with Crippen LogP contribution in [0.4, 0.5) is 0 Å². The van der Waals surface area contributed by atoms with Gasteiger partial charge in [-0.2, -0.15) is 4.37 Å². The van der Waals surface area contributed by atoms with Crippen LogP contribution in [0, 0.1) is 0 Å². The molecule has 5 heteroatoms. The van der Waals surface area contributed by atoms with E-state index < -0.39 is 0 Å². The average molecular weight is 179 g/mol. The van der Waals surface area contributed by atoms with E-state index in [1.54, 1.807) is 0 Å². The van der Waals surface area contributed by atoms with Crippen LogP contribution in [-0.4, -0.2) is 20.6 Å². The van der Waals surface area contributed by atoms with Crippen molar-refractivity contribution in [2.45, 2.75) is 0 Å². The van der Waals surface area contributed by atoms with Gasteiger partial charge >= 0.3 is 0 Å². The number of imidazole rings is 1. The van der Waals surface area contributed by atoms with Gasteiger partial charge in [-0.25, -0.2) is 4.98 Å². The first-order valence-electron chi connectivity index (χ1n) is 3.31. The number of H-pyrrole nitrogens is 1. The summed E-state index contributed by atoms with van der Waals surface area (Å²) in [5.41, 5.74) is 1.24. The fourth-order valence-corrected chi connectivity index (χ4v) is 1.37. The number of carbonyl (C=O) groups excluding carboxylic acids is 1. The Balaban J connectivity index is 2.41. The van der Waals surface area contributed by atoms with E-state index >= 15 is 0 Å². The van der Waals surface area contributed by atoms with Crippen LogP contribution in [0.2, 0.25) is 0 Å². The number of hydrogen-bond donors (Lipinski definition) is 1. The van der Waals surface area contributed by atoms with Gasteiger partial charge in [0.1, 0.15) is 5.69 Å². The predicted octanol–water partition coefficient (Wildman–Crippen LogP) is 1.35. The molecule has 2 aromatic rings. The lowest BCUT2D eigenvalue weighted by Gasteiger charge is -1.85. The van der Waals surface area contributed by atoms with Gasteiger partial charge in [0.05, 0.1) is 11.9 Å². The normalized spacial score (nSPS) is 10.0. The van der Waals surface area contributed by atoms with E-state index in [4.69, 9.17) is 0 Å². The predicted molar refractivity (Wildman–Crippen MR) is 45.1 cm³/mol. The monoisotopic (exact) mass is 179 g/mol. The van der Waals surface area contributed by atoms with E-state index in [9.17, 15) is 4.79 Å². The summed E-state index contributed by atoms with van der Waals surface area (Å²) in [5, 5.41) is 1.86. The Morgan fingerprint density at radius 2 is 2.50 bits per heavy atom. The van der Waals surface area contributed by atoms with Gasteiger partial charge in [-0.05, 0) is 17.6 Å². The van der Waals surface area contributed by atoms with Crippen LogP contribution < -0.4 is 0 Å². The van der Waals surface area contributed by atoms with Crippen molar-refractivity contribution in [2.75, 3.05) is 0 Å². The minimum absolute atomic E-state index is 0.470. The van der Waals surface area contributed by atoms with Crippen LogP contribution in [-0.2, 0) is 0 Å². The van der Waals surface area contributed by atoms with Gasteiger partial charge in [-0.15, -0.1) is 0 Å². The SMILES string of the molecule is O=Cc1cnc(-c2ccsn2)[nH]1. The van der Waals surface area contributed by atoms with Gasteiger partial charge in [0.2, 0.25) is 0 Å². The van der Waals surface area contributed by atoms with Crippen molar-refractivity contribution in [1.82, 2.24) is 14.3 Å². The lowest BCUT2D eigenvalue weighted by atomic mass is 10.4. The molecule has 0 aromatic carbocycles. The summed E-state index contributed by atoms with van der Waals surface area (Å²) in [7, 11) is 0. The summed E-state index contributed by atoms with van der Waals surface area (Å²) in [5.74, 6) is 0.637. The average Bonchev–Trinajstić information content (AvgIpc) is 2.75. The summed E-state index contributed by atoms with van der Waals surface area (Å²) >= 11 is 1.35. The lowest BCUT2D eigenvalue weighted by molar-refractivity contribution is 0.111. The molecule has 4 nitrogen and oxygen atoms in total. The Morgan fingerprint density at radius 1 is 1.58 bits per heavy atom. The topological polar surface area (TPSA) is 58.6 Å². The van der Waals surface area contributed by atoms with Crippen molar-refractivity contribution < 1.29 is 4.79 Å². The van der Waals surface area contributed by atoms with E-state index in [-0.39, 0.29) is 0 Å². The number of nitrogens with one attached hydrogen (secondary N) is 1. The number of nitrogens with zero attached hydrogens (tertiary/aromatic N) is 2. The van der Waals surface area contributed by atoms with E-state index in [1.807, 2.05) is 11.4 Å². The molecule has 0 aliphatic heterocycles. The fourth-order valence-electron chi connectivity index (χ4n) is 0.860. The second kappa shape index (κ2) is 2.86. The van der Waals surface area contributed by atoms with Gasteiger partial charge in [0.25, 0.3) is 0 Å². The number of hydrogen-bond acceptors (Lipinski definition) is 4. The highest BCUT2D eigenvalue weighted by Crippen LogP contribution is 2.13. The zero-order chi connectivity index (χ0) is 8.39. The standard InChI is InChI=1S/C7H5N3OS/c11-4-5-3-8-7(9-5)6-1-2-12-10-6/h1-4H,(H,8,9). The second-order valence-electron chi connectivity index (χ2n) is 2.19. The van der Waals surface area contributed by atoms with E-state index in [0.29, 0.717) is 11.5 Å². The largest absolute Gasteiger partial charge is 0.334 e. The minimum atomic E-state index is 0.470. The highest BCUT2D eigenvalue weighted by Gasteiger charge is 2.03. The van der Waals surface area contributed by atoms with E-state index in [2.05, 4.69) is 14.3 Å². The van der Waals surface area contributed by atoms with Crippen LogP contribution in [0.5, 0.6) is 0 Å². The molecule has 1 N–H and O–H groups in total. The molecule has 0 saturated heterocycles. The minimum Gasteiger partial charge on any atom is -0.334 e. The van der Waals surface area contributed by atoms with Gasteiger partial charge in [0, 0.05) is 5.38 Å². The van der Waals surface area contributed by atoms with E-state index in [0.717, 1.165) is 12.0 Å². The molecular weight excluding hydrogens is 174 g/mol. The number of carbonyl (C=O) groups is 1. The summed E-state index contributed by atoms with van der Waals surface area (Å²) in [4.78, 5) is 17.1. The molecule has 2 aromatic heterocycles. The zero-order valence-electron chi connectivity index (χ0n) is 6.02. The first-order chi connectivity index (χ1) is 5.90. The molecule has 60 valence electrons. The molecule has 0 amide bonds. The quantitative estimate of drug-likeness (QED) is 0.708. The smallest absolute Gasteiger partial charge is 0.167 e. The summed E-state index contributed by atoms with van der Waals surface area (Å²) in [6.07, 6.45) is 2.21. The third kappa shape index (κ3) is 1.14. The molecule has 0 bridgehead atoms. The Bertz CT molecular complexity index is 379. The fraction of sp³-hybridized carbons (Fsp3) is 0. The van der Waals surface area contributed by atoms with Crippen molar-refractivity contribution in [3.8, 4) is 11.5 Å². The molecule has 0 fully saturated rings. The third-order valence-electron chi connectivity index (χ3n) is 1.40. The molecule has 0 unspecified atom stereocenters. The first kappa shape index (κ1) is 7.17. The molecule has 2 rings (SSSR count). The maximum absolute atomic E-state index is 10.3. The third-order valence-corrected chi connectivity index (χ3v) is 1.96. The summed E-state index contributed by atoms with van der Waals surface area (Å²) in [6.45, 7) is 0. The number of aromatic nitrogens is 3. The molecular formula is C7H5N3OS. The Kier molecular flexibility index (Phi) is 1.71. The summed E-state index contributed by atoms with van der Waals surface area (Å²) < 4.78 is 4.07. The number of aldehydes is 1. The van der Waals surface area contributed by atoms with Crippen LogP contribution in [0.15, 0.2) is 17.6 Å². The first-order valence-corrected chi connectivity index (χ1v) is 4.15. The maximum Gasteiger partial charge on any atom is 0.167 e. The molecule has 12 heavy (non-hydrogen) atoms. The van der Waals surface area contributed by atoms with Gasteiger partial charge < -0.3 is 4.98 Å². The molecule has 0 aliphatic carbocycles. The van der Waals surface area contributed by atoms with E-state index in [1.165, 1.54) is 17.7 Å². The van der Waals surface area contributed by atoms with Gasteiger partial charge in [0.15, 0.2) is 12.1 Å². The van der Waals surface area contributed by atoms with Crippen molar-refractivity contribution in [3.63, 3.8) is 0 Å². The Labute approximate surface area is 72.4 Å². The molecule has 0 radical (unpaired) electrons. The highest BCUT2D eigenvalue weighted by atomic mass is 32.1. The second-order valence-corrected chi connectivity index (χ2v) is 2.86. The van der Waals surface area contributed by atoms with Crippen LogP contribution >= 0.6 is 11.5 Å². The van der Waals surface area contributed by atoms with Crippen LogP contribution in [0.1, 0.15) is 10.5 Å². The lowest BCUT2D eigenvalue weighted by Crippen LogP contribution is -1.80. The van der Waals surface area contributed by atoms with Crippen molar-refractivity contribution in [1.29, 1.82) is 0 Å². The van der Waals surface area contributed by atoms with Crippen molar-refractivity contribution >= 4 is 17.8 Å². The molecule has 0 saturated carbocycles. The van der Waals surface area contributed by atoms with Crippen molar-refractivity contribution in [2.24, 2.45) is 0 Å². The van der Waals surface area contributed by atoms with Gasteiger partial charge in [-0.1, -0.05) is 0 Å². The van der Waals surface area contributed by atoms with Crippen LogP contribution in [0.3, 0.4) is 0 Å². The highest BCUT2D eigenvalue weighted by molar-refractivity contribution is 7.03. The Hall–Kier alpha value is -1.49. The van der Waals surface area contributed by atoms with Crippen LogP contribution in [0.25, 0.3) is 11.5 Å². The Morgan fingerprint density at radius 3 is 3.08 bits per heavy atom. The number of rotatable bonds is 2. The molecule has 0 spiro atoms. The number of aromatic amines is 1. The summed E-state index contributed by atoms with van der Waals surface area (Å²) in [6, 6.07) is 1.85. The molecule has 2 heterocycles. The van der Waals surface area contributed by atoms with Crippen molar-refractivity contribution in [3.05, 3.63) is 23.3 Å².